The Morgan fingerprint density at radius 3 is 2.70 bits per heavy atom. The highest BCUT2D eigenvalue weighted by Gasteiger charge is 2.30. The normalized spacial score (nSPS) is 14.6. The number of carbonyl (C=O) groups excluding carboxylic acids is 1. The zero-order valence-corrected chi connectivity index (χ0v) is 12.7. The first-order valence-corrected chi connectivity index (χ1v) is 7.90. The summed E-state index contributed by atoms with van der Waals surface area (Å²) < 4.78 is 1.80. The zero-order chi connectivity index (χ0) is 15.6. The zero-order valence-electron chi connectivity index (χ0n) is 12.7. The Kier molecular flexibility index (Phi) is 3.50. The highest BCUT2D eigenvalue weighted by molar-refractivity contribution is 5.84. The van der Waals surface area contributed by atoms with Gasteiger partial charge in [0.1, 0.15) is 5.78 Å². The molecule has 0 unspecified atom stereocenters. The van der Waals surface area contributed by atoms with Gasteiger partial charge in [-0.25, -0.2) is 9.50 Å². The Hall–Kier alpha value is -2.75. The molecular formula is C19H17N3O. The summed E-state index contributed by atoms with van der Waals surface area (Å²) in [5.74, 6) is 1.13. The van der Waals surface area contributed by atoms with E-state index >= 15 is 0 Å². The maximum absolute atomic E-state index is 11.9. The van der Waals surface area contributed by atoms with Gasteiger partial charge < -0.3 is 0 Å². The first-order valence-electron chi connectivity index (χ1n) is 7.90. The fraction of sp³-hybridized carbons (Fsp3) is 0.211. The maximum atomic E-state index is 11.9. The number of aromatic nitrogens is 3. The van der Waals surface area contributed by atoms with Crippen LogP contribution in [0.1, 0.15) is 29.9 Å². The molecular weight excluding hydrogens is 286 g/mol. The Bertz CT molecular complexity index is 876. The summed E-state index contributed by atoms with van der Waals surface area (Å²) in [7, 11) is 0. The Labute approximate surface area is 134 Å². The number of hydrogen-bond donors (Lipinski definition) is 0. The van der Waals surface area contributed by atoms with E-state index in [1.54, 1.807) is 4.52 Å². The number of Topliss-reactive ketones (excluding diaryl/α,β-unsaturated/α-hetero) is 1. The molecule has 0 aliphatic heterocycles. The molecule has 3 aromatic rings. The van der Waals surface area contributed by atoms with Gasteiger partial charge in [-0.05, 0) is 36.6 Å². The van der Waals surface area contributed by atoms with Crippen LogP contribution in [0.25, 0.3) is 17.8 Å². The number of ketones is 1. The van der Waals surface area contributed by atoms with Gasteiger partial charge in [0, 0.05) is 5.92 Å². The van der Waals surface area contributed by atoms with E-state index in [0.717, 1.165) is 29.7 Å². The van der Waals surface area contributed by atoms with E-state index in [0.29, 0.717) is 12.2 Å². The van der Waals surface area contributed by atoms with Gasteiger partial charge in [-0.2, -0.15) is 5.10 Å². The maximum Gasteiger partial charge on any atom is 0.159 e. The Balaban J connectivity index is 1.63. The van der Waals surface area contributed by atoms with Crippen molar-refractivity contribution in [3.63, 3.8) is 0 Å². The third-order valence-corrected chi connectivity index (χ3v) is 4.04. The van der Waals surface area contributed by atoms with Gasteiger partial charge in [-0.1, -0.05) is 42.5 Å². The lowest BCUT2D eigenvalue weighted by Gasteiger charge is -1.98. The number of pyridine rings is 1. The summed E-state index contributed by atoms with van der Waals surface area (Å²) in [4.78, 5) is 16.4. The van der Waals surface area contributed by atoms with Gasteiger partial charge in [0.15, 0.2) is 11.5 Å². The van der Waals surface area contributed by atoms with E-state index in [1.165, 1.54) is 0 Å². The molecule has 0 amide bonds. The largest absolute Gasteiger partial charge is 0.299 e. The minimum Gasteiger partial charge on any atom is -0.299 e. The van der Waals surface area contributed by atoms with Gasteiger partial charge in [0.2, 0.25) is 0 Å². The first-order chi connectivity index (χ1) is 11.3. The van der Waals surface area contributed by atoms with Crippen LogP contribution in [-0.4, -0.2) is 20.4 Å². The molecule has 0 saturated heterocycles. The molecule has 1 aromatic carbocycles. The Morgan fingerprint density at radius 1 is 1.09 bits per heavy atom. The van der Waals surface area contributed by atoms with E-state index in [9.17, 15) is 4.79 Å². The molecule has 4 heteroatoms. The van der Waals surface area contributed by atoms with Crippen LogP contribution in [0.15, 0.2) is 48.5 Å². The Morgan fingerprint density at radius 2 is 1.91 bits per heavy atom. The molecule has 23 heavy (non-hydrogen) atoms. The van der Waals surface area contributed by atoms with Crippen LogP contribution in [0.5, 0.6) is 0 Å². The number of carbonyl (C=O) groups is 1. The molecule has 0 spiro atoms. The molecule has 0 atom stereocenters. The molecule has 0 N–H and O–H groups in total. The van der Waals surface area contributed by atoms with E-state index in [2.05, 4.69) is 22.2 Å². The topological polar surface area (TPSA) is 47.3 Å². The lowest BCUT2D eigenvalue weighted by atomic mass is 10.2. The number of hydrogen-bond acceptors (Lipinski definition) is 3. The fourth-order valence-corrected chi connectivity index (χ4v) is 2.62. The summed E-state index contributed by atoms with van der Waals surface area (Å²) in [6.07, 6.45) is 6.46. The quantitative estimate of drug-likeness (QED) is 0.725. The van der Waals surface area contributed by atoms with Crippen molar-refractivity contribution in [1.82, 2.24) is 14.6 Å². The molecule has 1 fully saturated rings. The van der Waals surface area contributed by atoms with Crippen molar-refractivity contribution in [2.24, 2.45) is 5.92 Å². The smallest absolute Gasteiger partial charge is 0.159 e. The van der Waals surface area contributed by atoms with Crippen LogP contribution in [-0.2, 0) is 11.2 Å². The minimum atomic E-state index is 0.249. The molecule has 1 saturated carbocycles. The minimum absolute atomic E-state index is 0.249. The average molecular weight is 303 g/mol. The SMILES string of the molecule is O=C(Cc1nc2cccc(/C=C/c3ccccc3)n2n1)C1CC1. The lowest BCUT2D eigenvalue weighted by Crippen LogP contribution is -2.06. The van der Waals surface area contributed by atoms with Gasteiger partial charge in [-0.15, -0.1) is 0 Å². The van der Waals surface area contributed by atoms with Gasteiger partial charge in [0.05, 0.1) is 12.1 Å². The van der Waals surface area contributed by atoms with E-state index < -0.39 is 0 Å². The summed E-state index contributed by atoms with van der Waals surface area (Å²) in [5, 5.41) is 4.51. The van der Waals surface area contributed by atoms with Crippen LogP contribution in [0, 0.1) is 5.92 Å². The highest BCUT2D eigenvalue weighted by Crippen LogP contribution is 2.30. The van der Waals surface area contributed by atoms with E-state index in [4.69, 9.17) is 0 Å². The van der Waals surface area contributed by atoms with Gasteiger partial charge >= 0.3 is 0 Å². The fourth-order valence-electron chi connectivity index (χ4n) is 2.62. The van der Waals surface area contributed by atoms with Crippen LogP contribution in [0.3, 0.4) is 0 Å². The lowest BCUT2D eigenvalue weighted by molar-refractivity contribution is -0.119. The second-order valence-electron chi connectivity index (χ2n) is 5.91. The summed E-state index contributed by atoms with van der Waals surface area (Å²) in [6, 6.07) is 16.0. The molecule has 4 nitrogen and oxygen atoms in total. The van der Waals surface area contributed by atoms with Gasteiger partial charge in [0.25, 0.3) is 0 Å². The van der Waals surface area contributed by atoms with Crippen LogP contribution in [0.2, 0.25) is 0 Å². The predicted molar refractivity (Wildman–Crippen MR) is 89.8 cm³/mol. The molecule has 2 aromatic heterocycles. The monoisotopic (exact) mass is 303 g/mol. The second kappa shape index (κ2) is 5.80. The molecule has 2 heterocycles. The highest BCUT2D eigenvalue weighted by atomic mass is 16.1. The van der Waals surface area contributed by atoms with Crippen molar-refractivity contribution in [1.29, 1.82) is 0 Å². The van der Waals surface area contributed by atoms with Crippen molar-refractivity contribution in [2.45, 2.75) is 19.3 Å². The molecule has 0 radical (unpaired) electrons. The van der Waals surface area contributed by atoms with Crippen molar-refractivity contribution in [3.8, 4) is 0 Å². The summed E-state index contributed by atoms with van der Waals surface area (Å²) in [6.45, 7) is 0. The van der Waals surface area contributed by atoms with Crippen LogP contribution in [0.4, 0.5) is 0 Å². The number of nitrogens with zero attached hydrogens (tertiary/aromatic N) is 3. The second-order valence-corrected chi connectivity index (χ2v) is 5.91. The van der Waals surface area contributed by atoms with Crippen molar-refractivity contribution >= 4 is 23.6 Å². The number of fused-ring (bicyclic) bond motifs is 1. The number of benzene rings is 1. The van der Waals surface area contributed by atoms with Crippen molar-refractivity contribution < 1.29 is 4.79 Å². The van der Waals surface area contributed by atoms with E-state index in [1.807, 2.05) is 48.6 Å². The summed E-state index contributed by atoms with van der Waals surface area (Å²) >= 11 is 0. The molecule has 1 aliphatic rings. The first kappa shape index (κ1) is 13.9. The average Bonchev–Trinajstić information content (AvgIpc) is 3.34. The molecule has 0 bridgehead atoms. The third-order valence-electron chi connectivity index (χ3n) is 4.04. The van der Waals surface area contributed by atoms with Crippen molar-refractivity contribution in [2.75, 3.05) is 0 Å². The summed E-state index contributed by atoms with van der Waals surface area (Å²) in [5.41, 5.74) is 2.86. The molecule has 114 valence electrons. The standard InChI is InChI=1S/C19H17N3O/c23-17(15-10-11-15)13-18-20-19-8-4-7-16(22(19)21-18)12-9-14-5-2-1-3-6-14/h1-9,12,15H,10-11,13H2/b12-9+. The van der Waals surface area contributed by atoms with Crippen molar-refractivity contribution in [3.05, 3.63) is 65.6 Å². The molecule has 1 aliphatic carbocycles. The molecule has 4 rings (SSSR count). The van der Waals surface area contributed by atoms with E-state index in [-0.39, 0.29) is 11.7 Å². The van der Waals surface area contributed by atoms with Crippen LogP contribution >= 0.6 is 0 Å². The van der Waals surface area contributed by atoms with Gasteiger partial charge in [-0.3, -0.25) is 4.79 Å². The van der Waals surface area contributed by atoms with Crippen LogP contribution < -0.4 is 0 Å². The predicted octanol–water partition coefficient (Wildman–Crippen LogP) is 3.42. The number of rotatable bonds is 5. The third kappa shape index (κ3) is 3.06.